The molecule has 1 aliphatic heterocycles. The third-order valence-electron chi connectivity index (χ3n) is 4.37. The Hall–Kier alpha value is -2.42. The number of nitrogens with zero attached hydrogens (tertiary/aromatic N) is 1. The number of carbonyl (C=O) groups is 2. The topological polar surface area (TPSA) is 95.6 Å². The molecule has 1 saturated heterocycles. The first-order chi connectivity index (χ1) is 13.4. The van der Waals surface area contributed by atoms with Crippen LogP contribution >= 0.6 is 11.6 Å². The fourth-order valence-corrected chi connectivity index (χ4v) is 4.58. The van der Waals surface area contributed by atoms with Gasteiger partial charge in [-0.15, -0.1) is 0 Å². The Kier molecular flexibility index (Phi) is 6.33. The second kappa shape index (κ2) is 8.72. The first kappa shape index (κ1) is 20.3. The molecule has 1 heterocycles. The third-order valence-corrected chi connectivity index (χ3v) is 6.52. The summed E-state index contributed by atoms with van der Waals surface area (Å²) >= 11 is 5.84. The summed E-state index contributed by atoms with van der Waals surface area (Å²) < 4.78 is 26.5. The van der Waals surface area contributed by atoms with Crippen molar-refractivity contribution in [2.24, 2.45) is 0 Å². The minimum Gasteiger partial charge on any atom is -0.344 e. The van der Waals surface area contributed by atoms with E-state index in [2.05, 4.69) is 10.6 Å². The Bertz CT molecular complexity index is 971. The van der Waals surface area contributed by atoms with Crippen LogP contribution in [0, 0.1) is 0 Å². The van der Waals surface area contributed by atoms with Gasteiger partial charge < -0.3 is 10.6 Å². The predicted octanol–water partition coefficient (Wildman–Crippen LogP) is 2.38. The number of benzene rings is 2. The molecule has 2 amide bonds. The van der Waals surface area contributed by atoms with Crippen molar-refractivity contribution < 1.29 is 18.0 Å². The van der Waals surface area contributed by atoms with E-state index in [1.165, 1.54) is 22.5 Å². The Morgan fingerprint density at radius 2 is 1.68 bits per heavy atom. The molecule has 2 aromatic rings. The highest BCUT2D eigenvalue weighted by Crippen LogP contribution is 2.21. The van der Waals surface area contributed by atoms with Gasteiger partial charge in [0.15, 0.2) is 0 Å². The number of rotatable bonds is 5. The summed E-state index contributed by atoms with van der Waals surface area (Å²) in [5.74, 6) is -1.61. The third kappa shape index (κ3) is 4.89. The van der Waals surface area contributed by atoms with Crippen LogP contribution in [0.25, 0.3) is 0 Å². The van der Waals surface area contributed by atoms with E-state index < -0.39 is 21.8 Å². The molecule has 0 aromatic heterocycles. The summed E-state index contributed by atoms with van der Waals surface area (Å²) in [6.07, 6.45) is 1.75. The number of halogens is 1. The van der Waals surface area contributed by atoms with E-state index in [-0.39, 0.29) is 11.4 Å². The second-order valence-corrected chi connectivity index (χ2v) is 8.78. The average molecular weight is 422 g/mol. The zero-order valence-corrected chi connectivity index (χ0v) is 16.6. The maximum atomic E-state index is 12.5. The van der Waals surface area contributed by atoms with Gasteiger partial charge >= 0.3 is 11.8 Å². The van der Waals surface area contributed by atoms with E-state index >= 15 is 0 Å². The molecule has 0 unspecified atom stereocenters. The minimum absolute atomic E-state index is 0.103. The molecule has 148 valence electrons. The molecule has 28 heavy (non-hydrogen) atoms. The number of carbonyl (C=O) groups excluding carboxylic acids is 2. The SMILES string of the molecule is O=C(NCc1ccc(S(=O)(=O)N2CCCC2)cc1)C(=O)Nc1cccc(Cl)c1. The van der Waals surface area contributed by atoms with Crippen molar-refractivity contribution in [1.29, 1.82) is 0 Å². The molecule has 9 heteroatoms. The Morgan fingerprint density at radius 1 is 1.00 bits per heavy atom. The average Bonchev–Trinajstić information content (AvgIpc) is 3.22. The summed E-state index contributed by atoms with van der Waals surface area (Å²) in [4.78, 5) is 24.1. The summed E-state index contributed by atoms with van der Waals surface area (Å²) in [6, 6.07) is 12.7. The van der Waals surface area contributed by atoms with E-state index in [0.717, 1.165) is 12.8 Å². The predicted molar refractivity (Wildman–Crippen MR) is 106 cm³/mol. The van der Waals surface area contributed by atoms with E-state index in [9.17, 15) is 18.0 Å². The van der Waals surface area contributed by atoms with Gasteiger partial charge in [0.05, 0.1) is 4.90 Å². The lowest BCUT2D eigenvalue weighted by Gasteiger charge is -2.15. The summed E-state index contributed by atoms with van der Waals surface area (Å²) in [7, 11) is -3.47. The summed E-state index contributed by atoms with van der Waals surface area (Å²) in [5, 5.41) is 5.41. The van der Waals surface area contributed by atoms with Crippen LogP contribution in [0.5, 0.6) is 0 Å². The Balaban J connectivity index is 1.55. The molecule has 1 aliphatic rings. The van der Waals surface area contributed by atoms with Crippen molar-refractivity contribution in [3.63, 3.8) is 0 Å². The molecule has 2 aromatic carbocycles. The molecular formula is C19H20ClN3O4S. The zero-order chi connectivity index (χ0) is 20.1. The first-order valence-corrected chi connectivity index (χ1v) is 10.6. The monoisotopic (exact) mass is 421 g/mol. The molecule has 2 N–H and O–H groups in total. The summed E-state index contributed by atoms with van der Waals surface area (Å²) in [6.45, 7) is 1.19. The van der Waals surface area contributed by atoms with Crippen molar-refractivity contribution in [2.75, 3.05) is 18.4 Å². The number of hydrogen-bond acceptors (Lipinski definition) is 4. The van der Waals surface area contributed by atoms with Gasteiger partial charge in [-0.3, -0.25) is 9.59 Å². The molecule has 0 saturated carbocycles. The fourth-order valence-electron chi connectivity index (χ4n) is 2.87. The van der Waals surface area contributed by atoms with Crippen LogP contribution in [0.15, 0.2) is 53.4 Å². The van der Waals surface area contributed by atoms with Crippen LogP contribution in [-0.4, -0.2) is 37.6 Å². The van der Waals surface area contributed by atoms with Crippen LogP contribution in [0.2, 0.25) is 5.02 Å². The van der Waals surface area contributed by atoms with Gasteiger partial charge in [0.1, 0.15) is 0 Å². The number of nitrogens with one attached hydrogen (secondary N) is 2. The molecule has 1 fully saturated rings. The molecule has 0 aliphatic carbocycles. The molecule has 0 bridgehead atoms. The lowest BCUT2D eigenvalue weighted by atomic mass is 10.2. The van der Waals surface area contributed by atoms with Gasteiger partial charge in [0, 0.05) is 30.3 Å². The Morgan fingerprint density at radius 3 is 2.32 bits per heavy atom. The highest BCUT2D eigenvalue weighted by atomic mass is 35.5. The van der Waals surface area contributed by atoms with Crippen LogP contribution in [0.1, 0.15) is 18.4 Å². The van der Waals surface area contributed by atoms with Crippen molar-refractivity contribution >= 4 is 39.1 Å². The lowest BCUT2D eigenvalue weighted by molar-refractivity contribution is -0.136. The fraction of sp³-hybridized carbons (Fsp3) is 0.263. The number of anilines is 1. The largest absolute Gasteiger partial charge is 0.344 e. The highest BCUT2D eigenvalue weighted by Gasteiger charge is 2.26. The number of hydrogen-bond donors (Lipinski definition) is 2. The maximum Gasteiger partial charge on any atom is 0.313 e. The van der Waals surface area contributed by atoms with Gasteiger partial charge in [0.2, 0.25) is 10.0 Å². The lowest BCUT2D eigenvalue weighted by Crippen LogP contribution is -2.35. The van der Waals surface area contributed by atoms with Gasteiger partial charge in [-0.25, -0.2) is 8.42 Å². The molecular weight excluding hydrogens is 402 g/mol. The molecule has 0 radical (unpaired) electrons. The van der Waals surface area contributed by atoms with Crippen LogP contribution in [0.3, 0.4) is 0 Å². The van der Waals surface area contributed by atoms with E-state index in [1.54, 1.807) is 30.3 Å². The molecule has 3 rings (SSSR count). The van der Waals surface area contributed by atoms with Crippen LogP contribution < -0.4 is 10.6 Å². The van der Waals surface area contributed by atoms with Crippen molar-refractivity contribution in [2.45, 2.75) is 24.3 Å². The van der Waals surface area contributed by atoms with Crippen molar-refractivity contribution in [3.05, 3.63) is 59.1 Å². The molecule has 0 spiro atoms. The van der Waals surface area contributed by atoms with E-state index in [1.807, 2.05) is 0 Å². The van der Waals surface area contributed by atoms with Crippen LogP contribution in [0.4, 0.5) is 5.69 Å². The highest BCUT2D eigenvalue weighted by molar-refractivity contribution is 7.89. The number of sulfonamides is 1. The van der Waals surface area contributed by atoms with Gasteiger partial charge in [0.25, 0.3) is 0 Å². The number of amides is 2. The van der Waals surface area contributed by atoms with Gasteiger partial charge in [-0.1, -0.05) is 29.8 Å². The van der Waals surface area contributed by atoms with E-state index in [0.29, 0.717) is 29.4 Å². The normalized spacial score (nSPS) is 14.6. The second-order valence-electron chi connectivity index (χ2n) is 6.40. The quantitative estimate of drug-likeness (QED) is 0.724. The maximum absolute atomic E-state index is 12.5. The minimum atomic E-state index is -3.47. The van der Waals surface area contributed by atoms with Crippen molar-refractivity contribution in [3.8, 4) is 0 Å². The van der Waals surface area contributed by atoms with Crippen molar-refractivity contribution in [1.82, 2.24) is 9.62 Å². The zero-order valence-electron chi connectivity index (χ0n) is 15.0. The first-order valence-electron chi connectivity index (χ1n) is 8.80. The van der Waals surface area contributed by atoms with Crippen LogP contribution in [-0.2, 0) is 26.2 Å². The van der Waals surface area contributed by atoms with Gasteiger partial charge in [-0.05, 0) is 48.7 Å². The molecule has 7 nitrogen and oxygen atoms in total. The Labute approximate surface area is 168 Å². The smallest absolute Gasteiger partial charge is 0.313 e. The molecule has 0 atom stereocenters. The van der Waals surface area contributed by atoms with Gasteiger partial charge in [-0.2, -0.15) is 4.31 Å². The standard InChI is InChI=1S/C19H20ClN3O4S/c20-15-4-3-5-16(12-15)22-19(25)18(24)21-13-14-6-8-17(9-7-14)28(26,27)23-10-1-2-11-23/h3-9,12H,1-2,10-11,13H2,(H,21,24)(H,22,25). The summed E-state index contributed by atoms with van der Waals surface area (Å²) in [5.41, 5.74) is 1.10. The van der Waals surface area contributed by atoms with E-state index in [4.69, 9.17) is 11.6 Å².